The molecule has 122 valence electrons. The van der Waals surface area contributed by atoms with Gasteiger partial charge in [0.15, 0.2) is 0 Å². The molecule has 0 saturated carbocycles. The van der Waals surface area contributed by atoms with Crippen molar-refractivity contribution in [3.63, 3.8) is 0 Å². The van der Waals surface area contributed by atoms with E-state index in [0.717, 1.165) is 20.8 Å². The Morgan fingerprint density at radius 2 is 1.58 bits per heavy atom. The van der Waals surface area contributed by atoms with E-state index in [2.05, 4.69) is 5.10 Å². The second-order valence-electron chi connectivity index (χ2n) is 5.43. The molecule has 0 atom stereocenters. The van der Waals surface area contributed by atoms with Crippen LogP contribution in [0.3, 0.4) is 0 Å². The van der Waals surface area contributed by atoms with E-state index < -0.39 is 10.0 Å². The molecule has 0 fully saturated rings. The summed E-state index contributed by atoms with van der Waals surface area (Å²) in [4.78, 5) is 0.214. The van der Waals surface area contributed by atoms with Crippen LogP contribution in [0.1, 0.15) is 12.5 Å². The first-order valence-electron chi connectivity index (χ1n) is 7.62. The third kappa shape index (κ3) is 2.90. The minimum Gasteiger partial charge on any atom is -0.199 e. The number of nitrogens with zero attached hydrogens (tertiary/aromatic N) is 2. The van der Waals surface area contributed by atoms with Crippen LogP contribution in [0.2, 0.25) is 0 Å². The van der Waals surface area contributed by atoms with Crippen LogP contribution >= 0.6 is 0 Å². The summed E-state index contributed by atoms with van der Waals surface area (Å²) >= 11 is 0. The lowest BCUT2D eigenvalue weighted by Gasteiger charge is -2.20. The maximum atomic E-state index is 13.1. The number of benzene rings is 3. The van der Waals surface area contributed by atoms with E-state index in [1.54, 1.807) is 37.3 Å². The summed E-state index contributed by atoms with van der Waals surface area (Å²) in [6.45, 7) is 3.62. The zero-order chi connectivity index (χ0) is 17.2. The van der Waals surface area contributed by atoms with E-state index in [9.17, 15) is 8.42 Å². The predicted molar refractivity (Wildman–Crippen MR) is 99.0 cm³/mol. The van der Waals surface area contributed by atoms with Gasteiger partial charge in [-0.3, -0.25) is 0 Å². The minimum absolute atomic E-state index is 0.214. The molecule has 0 spiro atoms. The quantitative estimate of drug-likeness (QED) is 0.524. The van der Waals surface area contributed by atoms with Gasteiger partial charge in [-0.2, -0.15) is 17.9 Å². The fourth-order valence-corrected chi connectivity index (χ4v) is 3.86. The van der Waals surface area contributed by atoms with Crippen molar-refractivity contribution >= 4 is 32.7 Å². The predicted octanol–water partition coefficient (Wildman–Crippen LogP) is 4.35. The Morgan fingerprint density at radius 1 is 0.917 bits per heavy atom. The molecule has 0 aliphatic carbocycles. The third-order valence-electron chi connectivity index (χ3n) is 3.74. The highest BCUT2D eigenvalue weighted by Gasteiger charge is 2.25. The van der Waals surface area contributed by atoms with Crippen molar-refractivity contribution in [1.29, 1.82) is 0 Å². The largest absolute Gasteiger partial charge is 0.283 e. The van der Waals surface area contributed by atoms with Gasteiger partial charge in [0.05, 0.1) is 10.6 Å². The first-order chi connectivity index (χ1) is 11.5. The van der Waals surface area contributed by atoms with E-state index in [1.165, 1.54) is 6.21 Å². The molecule has 0 N–H and O–H groups in total. The molecule has 4 nitrogen and oxygen atoms in total. The highest BCUT2D eigenvalue weighted by atomic mass is 32.2. The molecule has 0 unspecified atom stereocenters. The zero-order valence-corrected chi connectivity index (χ0v) is 14.4. The van der Waals surface area contributed by atoms with E-state index in [4.69, 9.17) is 0 Å². The second-order valence-corrected chi connectivity index (χ2v) is 7.20. The number of sulfonamides is 1. The van der Waals surface area contributed by atoms with Crippen molar-refractivity contribution in [1.82, 2.24) is 0 Å². The van der Waals surface area contributed by atoms with Crippen molar-refractivity contribution in [3.05, 3.63) is 72.3 Å². The summed E-state index contributed by atoms with van der Waals surface area (Å²) in [5, 5.41) is 5.93. The van der Waals surface area contributed by atoms with Gasteiger partial charge in [0.2, 0.25) is 0 Å². The van der Waals surface area contributed by atoms with Crippen molar-refractivity contribution in [2.75, 3.05) is 4.41 Å². The maximum absolute atomic E-state index is 13.1. The highest BCUT2D eigenvalue weighted by Crippen LogP contribution is 2.31. The van der Waals surface area contributed by atoms with Crippen LogP contribution in [-0.4, -0.2) is 14.6 Å². The third-order valence-corrected chi connectivity index (χ3v) is 5.35. The molecule has 24 heavy (non-hydrogen) atoms. The number of hydrazone groups is 1. The molecule has 0 aromatic heterocycles. The fraction of sp³-hybridized carbons (Fsp3) is 0.105. The van der Waals surface area contributed by atoms with Crippen LogP contribution in [0.25, 0.3) is 10.8 Å². The first kappa shape index (κ1) is 16.2. The molecule has 0 aliphatic rings. The Hall–Kier alpha value is -2.66. The van der Waals surface area contributed by atoms with Crippen LogP contribution in [0, 0.1) is 6.92 Å². The molecule has 0 amide bonds. The molecule has 0 bridgehead atoms. The Morgan fingerprint density at radius 3 is 2.29 bits per heavy atom. The standard InChI is InChI=1S/C19H18N2O2S/c1-3-20-21(24(22,23)17-13-11-15(2)12-14-17)19-10-6-8-16-7-4-5-9-18(16)19/h3-14H,1-2H3. The molecular formula is C19H18N2O2S. The van der Waals surface area contributed by atoms with E-state index in [-0.39, 0.29) is 4.90 Å². The van der Waals surface area contributed by atoms with Crippen LogP contribution in [-0.2, 0) is 10.0 Å². The van der Waals surface area contributed by atoms with Gasteiger partial charge in [0, 0.05) is 11.6 Å². The van der Waals surface area contributed by atoms with Gasteiger partial charge in [-0.25, -0.2) is 0 Å². The van der Waals surface area contributed by atoms with Gasteiger partial charge in [-0.1, -0.05) is 54.1 Å². The normalized spacial score (nSPS) is 11.9. The smallest absolute Gasteiger partial charge is 0.199 e. The summed E-state index contributed by atoms with van der Waals surface area (Å²) in [5.41, 5.74) is 1.54. The minimum atomic E-state index is -3.79. The average molecular weight is 338 g/mol. The van der Waals surface area contributed by atoms with Crippen LogP contribution < -0.4 is 4.41 Å². The number of rotatable bonds is 4. The Bertz CT molecular complexity index is 988. The average Bonchev–Trinajstić information content (AvgIpc) is 2.59. The molecule has 0 saturated heterocycles. The van der Waals surface area contributed by atoms with Gasteiger partial charge in [0.25, 0.3) is 10.0 Å². The van der Waals surface area contributed by atoms with Crippen LogP contribution in [0.15, 0.2) is 76.7 Å². The maximum Gasteiger partial charge on any atom is 0.283 e. The SMILES string of the molecule is CC=NN(c1cccc2ccccc12)S(=O)(=O)c1ccc(C)cc1. The molecule has 3 rings (SSSR count). The molecular weight excluding hydrogens is 320 g/mol. The Kier molecular flexibility index (Phi) is 4.36. The lowest BCUT2D eigenvalue weighted by molar-refractivity contribution is 0.592. The van der Waals surface area contributed by atoms with Gasteiger partial charge >= 0.3 is 0 Å². The molecule has 0 heterocycles. The van der Waals surface area contributed by atoms with Crippen molar-refractivity contribution in [2.24, 2.45) is 5.10 Å². The summed E-state index contributed by atoms with van der Waals surface area (Å²) in [7, 11) is -3.79. The topological polar surface area (TPSA) is 49.7 Å². The van der Waals surface area contributed by atoms with Crippen LogP contribution in [0.5, 0.6) is 0 Å². The van der Waals surface area contributed by atoms with E-state index >= 15 is 0 Å². The number of hydrogen-bond acceptors (Lipinski definition) is 3. The van der Waals surface area contributed by atoms with Crippen LogP contribution in [0.4, 0.5) is 5.69 Å². The van der Waals surface area contributed by atoms with Gasteiger partial charge in [-0.05, 0) is 37.4 Å². The van der Waals surface area contributed by atoms with Gasteiger partial charge in [0.1, 0.15) is 0 Å². The van der Waals surface area contributed by atoms with E-state index in [0.29, 0.717) is 5.69 Å². The fourth-order valence-electron chi connectivity index (χ4n) is 2.54. The van der Waals surface area contributed by atoms with Crippen molar-refractivity contribution < 1.29 is 8.42 Å². The summed E-state index contributed by atoms with van der Waals surface area (Å²) in [6.07, 6.45) is 1.48. The number of anilines is 1. The summed E-state index contributed by atoms with van der Waals surface area (Å²) in [5.74, 6) is 0. The highest BCUT2D eigenvalue weighted by molar-refractivity contribution is 7.92. The van der Waals surface area contributed by atoms with Gasteiger partial charge < -0.3 is 0 Å². The number of hydrogen-bond donors (Lipinski definition) is 0. The molecule has 0 aliphatic heterocycles. The number of aryl methyl sites for hydroxylation is 1. The van der Waals surface area contributed by atoms with Crippen molar-refractivity contribution in [2.45, 2.75) is 18.7 Å². The second kappa shape index (κ2) is 6.45. The molecule has 0 radical (unpaired) electrons. The van der Waals surface area contributed by atoms with E-state index in [1.807, 2.05) is 43.3 Å². The Labute approximate surface area is 142 Å². The van der Waals surface area contributed by atoms with Crippen molar-refractivity contribution in [3.8, 4) is 0 Å². The Balaban J connectivity index is 2.21. The summed E-state index contributed by atoms with van der Waals surface area (Å²) < 4.78 is 27.3. The molecule has 5 heteroatoms. The molecule has 3 aromatic rings. The monoisotopic (exact) mass is 338 g/mol. The number of fused-ring (bicyclic) bond motifs is 1. The summed E-state index contributed by atoms with van der Waals surface area (Å²) in [6, 6.07) is 20.0. The molecule has 3 aromatic carbocycles. The van der Waals surface area contributed by atoms with Gasteiger partial charge in [-0.15, -0.1) is 0 Å². The first-order valence-corrected chi connectivity index (χ1v) is 9.06. The lowest BCUT2D eigenvalue weighted by atomic mass is 10.1. The zero-order valence-electron chi connectivity index (χ0n) is 13.5. The lowest BCUT2D eigenvalue weighted by Crippen LogP contribution is -2.26.